The number of sulfonamides is 1. The summed E-state index contributed by atoms with van der Waals surface area (Å²) in [6, 6.07) is 13.8. The average molecular weight is 484 g/mol. The van der Waals surface area contributed by atoms with Gasteiger partial charge in [-0.2, -0.15) is 0 Å². The van der Waals surface area contributed by atoms with Crippen molar-refractivity contribution < 1.29 is 13.2 Å². The summed E-state index contributed by atoms with van der Waals surface area (Å²) in [7, 11) is -4.03. The molecule has 0 bridgehead atoms. The topological polar surface area (TPSA) is 75.3 Å². The second-order valence-electron chi connectivity index (χ2n) is 6.63. The lowest BCUT2D eigenvalue weighted by Crippen LogP contribution is -2.16. The number of hydrogen-bond donors (Lipinski definition) is 2. The predicted molar refractivity (Wildman–Crippen MR) is 123 cm³/mol. The summed E-state index contributed by atoms with van der Waals surface area (Å²) < 4.78 is 28.3. The maximum absolute atomic E-state index is 12.9. The fourth-order valence-electron chi connectivity index (χ4n) is 2.65. The van der Waals surface area contributed by atoms with Crippen LogP contribution in [0.5, 0.6) is 0 Å². The van der Waals surface area contributed by atoms with E-state index in [0.29, 0.717) is 21.4 Å². The van der Waals surface area contributed by atoms with Gasteiger partial charge in [-0.3, -0.25) is 9.52 Å². The first-order chi connectivity index (χ1) is 14.1. The number of nitrogens with one attached hydrogen (secondary N) is 2. The first-order valence-electron chi connectivity index (χ1n) is 8.73. The van der Waals surface area contributed by atoms with E-state index < -0.39 is 15.9 Å². The van der Waals surface area contributed by atoms with Crippen LogP contribution in [-0.2, 0) is 10.0 Å². The maximum Gasteiger partial charge on any atom is 0.263 e. The highest BCUT2D eigenvalue weighted by molar-refractivity contribution is 7.92. The van der Waals surface area contributed by atoms with Gasteiger partial charge in [-0.15, -0.1) is 0 Å². The lowest BCUT2D eigenvalue weighted by atomic mass is 10.1. The Morgan fingerprint density at radius 1 is 0.833 bits per heavy atom. The molecule has 0 aliphatic carbocycles. The first kappa shape index (κ1) is 22.4. The molecule has 5 nitrogen and oxygen atoms in total. The molecule has 3 aromatic carbocycles. The van der Waals surface area contributed by atoms with E-state index in [1.54, 1.807) is 24.3 Å². The third kappa shape index (κ3) is 5.08. The van der Waals surface area contributed by atoms with Crippen molar-refractivity contribution in [3.63, 3.8) is 0 Å². The molecule has 0 saturated heterocycles. The summed E-state index contributed by atoms with van der Waals surface area (Å²) in [6.45, 7) is 3.81. The van der Waals surface area contributed by atoms with Crippen molar-refractivity contribution >= 4 is 62.1 Å². The van der Waals surface area contributed by atoms with Gasteiger partial charge in [-0.25, -0.2) is 8.42 Å². The fourth-order valence-corrected chi connectivity index (χ4v) is 4.57. The number of rotatable bonds is 5. The molecule has 0 aliphatic rings. The monoisotopic (exact) mass is 482 g/mol. The highest BCUT2D eigenvalue weighted by atomic mass is 35.5. The van der Waals surface area contributed by atoms with Gasteiger partial charge in [0.2, 0.25) is 0 Å². The molecule has 0 spiro atoms. The van der Waals surface area contributed by atoms with Crippen LogP contribution in [0.25, 0.3) is 0 Å². The van der Waals surface area contributed by atoms with Gasteiger partial charge in [-0.05, 0) is 73.5 Å². The van der Waals surface area contributed by atoms with E-state index >= 15 is 0 Å². The van der Waals surface area contributed by atoms with Gasteiger partial charge >= 0.3 is 0 Å². The second-order valence-corrected chi connectivity index (χ2v) is 9.53. The van der Waals surface area contributed by atoms with Crippen molar-refractivity contribution in [1.82, 2.24) is 0 Å². The Kier molecular flexibility index (Phi) is 6.62. The van der Waals surface area contributed by atoms with Crippen LogP contribution in [0.1, 0.15) is 21.5 Å². The number of benzene rings is 3. The van der Waals surface area contributed by atoms with Crippen LogP contribution in [0.2, 0.25) is 15.1 Å². The van der Waals surface area contributed by atoms with Gasteiger partial charge in [0.05, 0.1) is 15.7 Å². The summed E-state index contributed by atoms with van der Waals surface area (Å²) in [5.74, 6) is -0.557. The summed E-state index contributed by atoms with van der Waals surface area (Å²) in [4.78, 5) is 12.4. The van der Waals surface area contributed by atoms with Gasteiger partial charge in [0, 0.05) is 16.3 Å². The van der Waals surface area contributed by atoms with Gasteiger partial charge in [-0.1, -0.05) is 40.9 Å². The molecule has 9 heteroatoms. The minimum atomic E-state index is -4.03. The number of halogens is 3. The lowest BCUT2D eigenvalue weighted by Gasteiger charge is -2.13. The van der Waals surface area contributed by atoms with Crippen LogP contribution in [0.4, 0.5) is 11.4 Å². The van der Waals surface area contributed by atoms with E-state index in [0.717, 1.165) is 11.1 Å². The number of carbonyl (C=O) groups excluding carboxylic acids is 1. The van der Waals surface area contributed by atoms with Crippen molar-refractivity contribution in [2.24, 2.45) is 0 Å². The smallest absolute Gasteiger partial charge is 0.263 e. The van der Waals surface area contributed by atoms with Crippen molar-refractivity contribution in [3.8, 4) is 0 Å². The summed E-state index contributed by atoms with van der Waals surface area (Å²) in [5, 5.41) is 3.30. The van der Waals surface area contributed by atoms with Crippen LogP contribution < -0.4 is 10.0 Å². The van der Waals surface area contributed by atoms with E-state index in [-0.39, 0.29) is 15.5 Å². The minimum Gasteiger partial charge on any atom is -0.321 e. The zero-order valence-corrected chi connectivity index (χ0v) is 19.0. The third-order valence-electron chi connectivity index (χ3n) is 4.42. The molecule has 156 valence electrons. The number of anilines is 2. The van der Waals surface area contributed by atoms with Gasteiger partial charge in [0.25, 0.3) is 15.9 Å². The molecule has 0 atom stereocenters. The summed E-state index contributed by atoms with van der Waals surface area (Å²) in [6.07, 6.45) is 0. The normalized spacial score (nSPS) is 11.2. The molecule has 3 rings (SSSR count). The zero-order valence-electron chi connectivity index (χ0n) is 16.0. The van der Waals surface area contributed by atoms with Crippen molar-refractivity contribution in [2.75, 3.05) is 10.0 Å². The molecule has 30 heavy (non-hydrogen) atoms. The molecule has 0 radical (unpaired) electrons. The zero-order chi connectivity index (χ0) is 22.1. The molecular weight excluding hydrogens is 467 g/mol. The summed E-state index contributed by atoms with van der Waals surface area (Å²) in [5.41, 5.74) is 2.77. The number of carbonyl (C=O) groups is 1. The molecule has 0 heterocycles. The molecule has 2 N–H and O–H groups in total. The Morgan fingerprint density at radius 2 is 1.53 bits per heavy atom. The molecule has 0 fully saturated rings. The molecule has 0 aromatic heterocycles. The SMILES string of the molecule is Cc1ccc(NS(=O)(=O)c2cc(C(=O)Nc3cc(Cl)ccc3Cl)ccc2Cl)cc1C. The number of amides is 1. The molecule has 1 amide bonds. The second kappa shape index (κ2) is 8.86. The van der Waals surface area contributed by atoms with Crippen LogP contribution in [0, 0.1) is 13.8 Å². The standard InChI is InChI=1S/C21H17Cl3N2O3S/c1-12-3-6-16(9-13(12)2)26-30(28,29)20-10-14(4-7-18(20)24)21(27)25-19-11-15(22)5-8-17(19)23/h3-11,26H,1-2H3,(H,25,27). The molecule has 3 aromatic rings. The lowest BCUT2D eigenvalue weighted by molar-refractivity contribution is 0.102. The van der Waals surface area contributed by atoms with Gasteiger partial charge < -0.3 is 5.32 Å². The van der Waals surface area contributed by atoms with Crippen LogP contribution in [-0.4, -0.2) is 14.3 Å². The largest absolute Gasteiger partial charge is 0.321 e. The molecular formula is C21H17Cl3N2O3S. The third-order valence-corrected chi connectivity index (χ3v) is 6.85. The van der Waals surface area contributed by atoms with E-state index in [1.165, 1.54) is 24.3 Å². The highest BCUT2D eigenvalue weighted by Crippen LogP contribution is 2.28. The van der Waals surface area contributed by atoms with E-state index in [1.807, 2.05) is 19.9 Å². The van der Waals surface area contributed by atoms with E-state index in [4.69, 9.17) is 34.8 Å². The predicted octanol–water partition coefficient (Wildman–Crippen LogP) is 6.32. The fraction of sp³-hybridized carbons (Fsp3) is 0.0952. The number of hydrogen-bond acceptors (Lipinski definition) is 3. The Bertz CT molecular complexity index is 1240. The quantitative estimate of drug-likeness (QED) is 0.446. The van der Waals surface area contributed by atoms with Gasteiger partial charge in [0.1, 0.15) is 4.90 Å². The Hall–Kier alpha value is -2.25. The minimum absolute atomic E-state index is 0.0105. The van der Waals surface area contributed by atoms with Crippen molar-refractivity contribution in [2.45, 2.75) is 18.7 Å². The molecule has 0 unspecified atom stereocenters. The van der Waals surface area contributed by atoms with Gasteiger partial charge in [0.15, 0.2) is 0 Å². The Labute approximate surface area is 190 Å². The van der Waals surface area contributed by atoms with Crippen molar-refractivity contribution in [1.29, 1.82) is 0 Å². The van der Waals surface area contributed by atoms with Crippen LogP contribution in [0.15, 0.2) is 59.5 Å². The van der Waals surface area contributed by atoms with Crippen LogP contribution >= 0.6 is 34.8 Å². The van der Waals surface area contributed by atoms with E-state index in [9.17, 15) is 13.2 Å². The first-order valence-corrected chi connectivity index (χ1v) is 11.3. The maximum atomic E-state index is 12.9. The highest BCUT2D eigenvalue weighted by Gasteiger charge is 2.21. The van der Waals surface area contributed by atoms with Crippen molar-refractivity contribution in [3.05, 3.63) is 86.4 Å². The Balaban J connectivity index is 1.91. The Morgan fingerprint density at radius 3 is 2.23 bits per heavy atom. The average Bonchev–Trinajstić information content (AvgIpc) is 2.67. The summed E-state index contributed by atoms with van der Waals surface area (Å²) >= 11 is 18.1. The number of aryl methyl sites for hydroxylation is 2. The molecule has 0 aliphatic heterocycles. The van der Waals surface area contributed by atoms with E-state index in [2.05, 4.69) is 10.0 Å². The molecule has 0 saturated carbocycles. The van der Waals surface area contributed by atoms with Crippen LogP contribution in [0.3, 0.4) is 0 Å².